The lowest BCUT2D eigenvalue weighted by Crippen LogP contribution is -1.95. The molecule has 0 aliphatic rings. The Kier molecular flexibility index (Phi) is 5.21. The summed E-state index contributed by atoms with van der Waals surface area (Å²) in [4.78, 5) is 4.74. The van der Waals surface area contributed by atoms with E-state index in [1.807, 2.05) is 41.9 Å². The van der Waals surface area contributed by atoms with Crippen molar-refractivity contribution < 1.29 is 4.74 Å². The van der Waals surface area contributed by atoms with Crippen molar-refractivity contribution in [3.8, 4) is 16.9 Å². The number of rotatable bonds is 6. The number of methoxy groups -OCH3 is 1. The van der Waals surface area contributed by atoms with Gasteiger partial charge in [0.25, 0.3) is 0 Å². The zero-order chi connectivity index (χ0) is 20.4. The third kappa shape index (κ3) is 3.81. The number of hydrogen-bond acceptors (Lipinski definition) is 4. The summed E-state index contributed by atoms with van der Waals surface area (Å²) in [6.45, 7) is 6.49. The van der Waals surface area contributed by atoms with E-state index < -0.39 is 0 Å². The highest BCUT2D eigenvalue weighted by molar-refractivity contribution is 5.78. The van der Waals surface area contributed by atoms with Gasteiger partial charge in [0.1, 0.15) is 5.75 Å². The van der Waals surface area contributed by atoms with Crippen LogP contribution in [0.2, 0.25) is 0 Å². The van der Waals surface area contributed by atoms with Crippen molar-refractivity contribution in [1.29, 1.82) is 0 Å². The fourth-order valence-corrected chi connectivity index (χ4v) is 3.44. The molecule has 0 aliphatic heterocycles. The van der Waals surface area contributed by atoms with E-state index in [1.165, 1.54) is 5.56 Å². The van der Waals surface area contributed by atoms with E-state index in [4.69, 9.17) is 9.72 Å². The molecule has 2 heterocycles. The van der Waals surface area contributed by atoms with Crippen molar-refractivity contribution in [3.05, 3.63) is 71.9 Å². The summed E-state index contributed by atoms with van der Waals surface area (Å²) in [7, 11) is 1.67. The number of aryl methyl sites for hydroxylation is 1. The molecule has 148 valence electrons. The third-order valence-corrected chi connectivity index (χ3v) is 5.43. The van der Waals surface area contributed by atoms with Crippen LogP contribution in [0.3, 0.4) is 0 Å². The molecule has 0 saturated heterocycles. The molecule has 5 nitrogen and oxygen atoms in total. The third-order valence-electron chi connectivity index (χ3n) is 5.43. The van der Waals surface area contributed by atoms with Crippen LogP contribution in [0, 0.1) is 6.92 Å². The van der Waals surface area contributed by atoms with Crippen molar-refractivity contribution in [3.63, 3.8) is 0 Å². The van der Waals surface area contributed by atoms with Crippen LogP contribution in [0.1, 0.15) is 37.3 Å². The van der Waals surface area contributed by atoms with Crippen molar-refractivity contribution in [2.45, 2.75) is 33.1 Å². The Balaban J connectivity index is 1.67. The average Bonchev–Trinajstić information content (AvgIpc) is 3.17. The SMILES string of the molecule is CCC(C)c1ccc(-c2cccn3nc(Nc4ccc(C)c(OC)c4)nc23)cc1. The Morgan fingerprint density at radius 3 is 2.62 bits per heavy atom. The van der Waals surface area contributed by atoms with E-state index in [2.05, 4.69) is 54.6 Å². The molecule has 0 aliphatic carbocycles. The van der Waals surface area contributed by atoms with Crippen LogP contribution in [0.25, 0.3) is 16.8 Å². The van der Waals surface area contributed by atoms with E-state index in [0.717, 1.165) is 40.2 Å². The topological polar surface area (TPSA) is 51.5 Å². The number of benzene rings is 2. The van der Waals surface area contributed by atoms with Crippen LogP contribution in [0.4, 0.5) is 11.6 Å². The molecule has 0 spiro atoms. The number of ether oxygens (including phenoxy) is 1. The van der Waals surface area contributed by atoms with Crippen LogP contribution in [-0.2, 0) is 0 Å². The zero-order valence-electron chi connectivity index (χ0n) is 17.3. The second-order valence-corrected chi connectivity index (χ2v) is 7.37. The van der Waals surface area contributed by atoms with Gasteiger partial charge in [0, 0.05) is 23.5 Å². The highest BCUT2D eigenvalue weighted by atomic mass is 16.5. The Morgan fingerprint density at radius 1 is 1.10 bits per heavy atom. The maximum atomic E-state index is 5.41. The fourth-order valence-electron chi connectivity index (χ4n) is 3.44. The van der Waals surface area contributed by atoms with Crippen LogP contribution in [0.15, 0.2) is 60.8 Å². The first-order chi connectivity index (χ1) is 14.1. The molecule has 4 aromatic rings. The van der Waals surface area contributed by atoms with Gasteiger partial charge in [0.05, 0.1) is 7.11 Å². The summed E-state index contributed by atoms with van der Waals surface area (Å²) < 4.78 is 7.22. The molecule has 4 rings (SSSR count). The molecule has 1 N–H and O–H groups in total. The Labute approximate surface area is 171 Å². The normalized spacial score (nSPS) is 12.1. The van der Waals surface area contributed by atoms with E-state index in [1.54, 1.807) is 7.11 Å². The smallest absolute Gasteiger partial charge is 0.247 e. The summed E-state index contributed by atoms with van der Waals surface area (Å²) in [5, 5.41) is 7.87. The summed E-state index contributed by atoms with van der Waals surface area (Å²) >= 11 is 0. The largest absolute Gasteiger partial charge is 0.496 e. The van der Waals surface area contributed by atoms with Crippen LogP contribution in [-0.4, -0.2) is 21.7 Å². The highest BCUT2D eigenvalue weighted by Crippen LogP contribution is 2.28. The quantitative estimate of drug-likeness (QED) is 0.443. The van der Waals surface area contributed by atoms with Gasteiger partial charge in [-0.15, -0.1) is 5.10 Å². The maximum absolute atomic E-state index is 5.41. The monoisotopic (exact) mass is 386 g/mol. The molecule has 5 heteroatoms. The summed E-state index contributed by atoms with van der Waals surface area (Å²) in [6, 6.07) is 18.8. The summed E-state index contributed by atoms with van der Waals surface area (Å²) in [5.74, 6) is 1.95. The minimum Gasteiger partial charge on any atom is -0.496 e. The second-order valence-electron chi connectivity index (χ2n) is 7.37. The second kappa shape index (κ2) is 7.95. The first kappa shape index (κ1) is 19.0. The van der Waals surface area contributed by atoms with Crippen molar-refractivity contribution >= 4 is 17.3 Å². The highest BCUT2D eigenvalue weighted by Gasteiger charge is 2.11. The molecular formula is C24H26N4O. The van der Waals surface area contributed by atoms with Gasteiger partial charge in [0.2, 0.25) is 5.95 Å². The van der Waals surface area contributed by atoms with E-state index >= 15 is 0 Å². The molecule has 1 unspecified atom stereocenters. The van der Waals surface area contributed by atoms with Crippen LogP contribution < -0.4 is 10.1 Å². The molecule has 29 heavy (non-hydrogen) atoms. The van der Waals surface area contributed by atoms with Gasteiger partial charge >= 0.3 is 0 Å². The number of aromatic nitrogens is 3. The van der Waals surface area contributed by atoms with Crippen molar-refractivity contribution in [2.24, 2.45) is 0 Å². The molecule has 2 aromatic heterocycles. The standard InChI is InChI=1S/C24H26N4O/c1-5-16(2)18-9-11-19(12-10-18)21-7-6-14-28-23(21)26-24(27-28)25-20-13-8-17(3)22(15-20)29-4/h6-16H,5H2,1-4H3,(H,25,27). The van der Waals surface area contributed by atoms with Gasteiger partial charge < -0.3 is 10.1 Å². The minimum atomic E-state index is 0.555. The number of hydrogen-bond donors (Lipinski definition) is 1. The van der Waals surface area contributed by atoms with Crippen LogP contribution in [0.5, 0.6) is 5.75 Å². The summed E-state index contributed by atoms with van der Waals surface area (Å²) in [6.07, 6.45) is 3.05. The molecule has 1 atom stereocenters. The van der Waals surface area contributed by atoms with E-state index in [-0.39, 0.29) is 0 Å². The van der Waals surface area contributed by atoms with Gasteiger partial charge in [-0.2, -0.15) is 4.98 Å². The minimum absolute atomic E-state index is 0.555. The Hall–Kier alpha value is -3.34. The predicted molar refractivity (Wildman–Crippen MR) is 118 cm³/mol. The maximum Gasteiger partial charge on any atom is 0.247 e. The van der Waals surface area contributed by atoms with Gasteiger partial charge in [-0.05, 0) is 54.2 Å². The lowest BCUT2D eigenvalue weighted by Gasteiger charge is -2.10. The molecule has 0 saturated carbocycles. The molecular weight excluding hydrogens is 360 g/mol. The Bertz CT molecular complexity index is 1130. The lowest BCUT2D eigenvalue weighted by atomic mass is 9.96. The molecule has 0 amide bonds. The molecule has 0 bridgehead atoms. The number of anilines is 2. The van der Waals surface area contributed by atoms with Gasteiger partial charge in [0.15, 0.2) is 5.65 Å². The first-order valence-electron chi connectivity index (χ1n) is 9.96. The van der Waals surface area contributed by atoms with Gasteiger partial charge in [-0.1, -0.05) is 44.2 Å². The molecule has 2 aromatic carbocycles. The predicted octanol–water partition coefficient (Wildman–Crippen LogP) is 5.97. The number of nitrogens with one attached hydrogen (secondary N) is 1. The zero-order valence-corrected chi connectivity index (χ0v) is 17.3. The average molecular weight is 386 g/mol. The number of nitrogens with zero attached hydrogens (tertiary/aromatic N) is 3. The number of pyridine rings is 1. The fraction of sp³-hybridized carbons (Fsp3) is 0.250. The molecule has 0 radical (unpaired) electrons. The van der Waals surface area contributed by atoms with E-state index in [0.29, 0.717) is 11.9 Å². The summed E-state index contributed by atoms with van der Waals surface area (Å²) in [5.41, 5.74) is 6.36. The van der Waals surface area contributed by atoms with Gasteiger partial charge in [-0.25, -0.2) is 4.52 Å². The first-order valence-corrected chi connectivity index (χ1v) is 9.96. The number of fused-ring (bicyclic) bond motifs is 1. The van der Waals surface area contributed by atoms with E-state index in [9.17, 15) is 0 Å². The lowest BCUT2D eigenvalue weighted by molar-refractivity contribution is 0.412. The van der Waals surface area contributed by atoms with Crippen molar-refractivity contribution in [2.75, 3.05) is 12.4 Å². The van der Waals surface area contributed by atoms with Gasteiger partial charge in [-0.3, -0.25) is 0 Å². The van der Waals surface area contributed by atoms with Crippen LogP contribution >= 0.6 is 0 Å². The van der Waals surface area contributed by atoms with Crippen molar-refractivity contribution in [1.82, 2.24) is 14.6 Å². The Morgan fingerprint density at radius 2 is 1.90 bits per heavy atom. The molecule has 0 fully saturated rings.